The molecule has 0 atom stereocenters. The molecule has 0 spiro atoms. The fraction of sp³-hybridized carbons (Fsp3) is 0.667. The SMILES string of the molecule is O=C(O)CONC(=O)NCC(=O)N1CCNCC1. The predicted molar refractivity (Wildman–Crippen MR) is 59.6 cm³/mol. The summed E-state index contributed by atoms with van der Waals surface area (Å²) in [5, 5.41) is 13.6. The number of rotatable bonds is 5. The molecule has 0 aromatic carbocycles. The van der Waals surface area contributed by atoms with Gasteiger partial charge in [-0.15, -0.1) is 0 Å². The lowest BCUT2D eigenvalue weighted by Gasteiger charge is -2.27. The summed E-state index contributed by atoms with van der Waals surface area (Å²) in [5.74, 6) is -1.39. The second kappa shape index (κ2) is 7.45. The molecule has 0 aromatic heterocycles. The van der Waals surface area contributed by atoms with Gasteiger partial charge < -0.3 is 20.6 Å². The zero-order valence-corrected chi connectivity index (χ0v) is 9.77. The van der Waals surface area contributed by atoms with E-state index in [1.807, 2.05) is 5.48 Å². The molecule has 4 N–H and O–H groups in total. The van der Waals surface area contributed by atoms with Crippen LogP contribution in [-0.2, 0) is 14.4 Å². The number of carbonyl (C=O) groups is 3. The molecule has 1 aliphatic rings. The van der Waals surface area contributed by atoms with Crippen LogP contribution in [0.2, 0.25) is 0 Å². The Morgan fingerprint density at radius 2 is 1.94 bits per heavy atom. The van der Waals surface area contributed by atoms with Crippen molar-refractivity contribution >= 4 is 17.9 Å². The summed E-state index contributed by atoms with van der Waals surface area (Å²) in [6.07, 6.45) is 0. The lowest BCUT2D eigenvalue weighted by atomic mass is 10.3. The second-order valence-corrected chi connectivity index (χ2v) is 3.60. The van der Waals surface area contributed by atoms with E-state index in [0.29, 0.717) is 13.1 Å². The highest BCUT2D eigenvalue weighted by molar-refractivity contribution is 5.83. The van der Waals surface area contributed by atoms with Crippen LogP contribution in [-0.4, -0.2) is 67.2 Å². The lowest BCUT2D eigenvalue weighted by molar-refractivity contribution is -0.144. The van der Waals surface area contributed by atoms with Crippen molar-refractivity contribution in [2.45, 2.75) is 0 Å². The molecule has 102 valence electrons. The molecule has 0 radical (unpaired) electrons. The van der Waals surface area contributed by atoms with Gasteiger partial charge in [-0.1, -0.05) is 0 Å². The van der Waals surface area contributed by atoms with E-state index in [1.54, 1.807) is 4.90 Å². The fourth-order valence-electron chi connectivity index (χ4n) is 1.38. The Morgan fingerprint density at radius 1 is 1.28 bits per heavy atom. The normalized spacial score (nSPS) is 15.0. The van der Waals surface area contributed by atoms with Crippen LogP contribution >= 0.6 is 0 Å². The Hall–Kier alpha value is -1.87. The van der Waals surface area contributed by atoms with Crippen molar-refractivity contribution in [1.82, 2.24) is 21.0 Å². The molecule has 1 saturated heterocycles. The fourth-order valence-corrected chi connectivity index (χ4v) is 1.38. The van der Waals surface area contributed by atoms with Crippen molar-refractivity contribution in [2.24, 2.45) is 0 Å². The van der Waals surface area contributed by atoms with Crippen molar-refractivity contribution in [2.75, 3.05) is 39.3 Å². The Labute approximate surface area is 103 Å². The van der Waals surface area contributed by atoms with Crippen LogP contribution < -0.4 is 16.1 Å². The van der Waals surface area contributed by atoms with Gasteiger partial charge >= 0.3 is 12.0 Å². The highest BCUT2D eigenvalue weighted by atomic mass is 16.7. The number of hydroxylamine groups is 1. The molecule has 9 heteroatoms. The van der Waals surface area contributed by atoms with E-state index < -0.39 is 18.6 Å². The van der Waals surface area contributed by atoms with Crippen molar-refractivity contribution in [1.29, 1.82) is 0 Å². The van der Waals surface area contributed by atoms with Gasteiger partial charge in [0.15, 0.2) is 6.61 Å². The minimum atomic E-state index is -1.20. The summed E-state index contributed by atoms with van der Waals surface area (Å²) in [6.45, 7) is 1.90. The zero-order valence-electron chi connectivity index (χ0n) is 9.77. The molecule has 0 saturated carbocycles. The first kappa shape index (κ1) is 14.2. The maximum Gasteiger partial charge on any atom is 0.339 e. The monoisotopic (exact) mass is 260 g/mol. The number of aliphatic carboxylic acids is 1. The number of carboxylic acids is 1. The van der Waals surface area contributed by atoms with E-state index in [1.165, 1.54) is 0 Å². The third kappa shape index (κ3) is 5.46. The van der Waals surface area contributed by atoms with Crippen molar-refractivity contribution in [3.8, 4) is 0 Å². The van der Waals surface area contributed by atoms with E-state index >= 15 is 0 Å². The van der Waals surface area contributed by atoms with Crippen LogP contribution in [0.3, 0.4) is 0 Å². The van der Waals surface area contributed by atoms with E-state index in [4.69, 9.17) is 5.11 Å². The Morgan fingerprint density at radius 3 is 2.56 bits per heavy atom. The molecule has 18 heavy (non-hydrogen) atoms. The molecule has 1 rings (SSSR count). The number of urea groups is 1. The first-order valence-electron chi connectivity index (χ1n) is 5.45. The summed E-state index contributed by atoms with van der Waals surface area (Å²) in [4.78, 5) is 38.8. The number of carbonyl (C=O) groups excluding carboxylic acids is 2. The van der Waals surface area contributed by atoms with Crippen molar-refractivity contribution < 1.29 is 24.3 Å². The molecular formula is C9H16N4O5. The van der Waals surface area contributed by atoms with Gasteiger partial charge in [0.25, 0.3) is 0 Å². The molecule has 3 amide bonds. The Balaban J connectivity index is 2.13. The van der Waals surface area contributed by atoms with Crippen molar-refractivity contribution in [3.63, 3.8) is 0 Å². The number of carboxylic acid groups (broad SMARTS) is 1. The molecule has 0 aliphatic carbocycles. The average molecular weight is 260 g/mol. The molecule has 0 unspecified atom stereocenters. The molecule has 1 fully saturated rings. The van der Waals surface area contributed by atoms with Crippen LogP contribution in [0.15, 0.2) is 0 Å². The highest BCUT2D eigenvalue weighted by Gasteiger charge is 2.16. The maximum atomic E-state index is 11.6. The van der Waals surface area contributed by atoms with Gasteiger partial charge in [0.05, 0.1) is 6.54 Å². The van der Waals surface area contributed by atoms with Crippen LogP contribution in [0.1, 0.15) is 0 Å². The topological polar surface area (TPSA) is 120 Å². The van der Waals surface area contributed by atoms with E-state index in [2.05, 4.69) is 15.5 Å². The molecule has 9 nitrogen and oxygen atoms in total. The Kier molecular flexibility index (Phi) is 5.88. The standard InChI is InChI=1S/C9H16N4O5/c14-7(13-3-1-10-2-4-13)5-11-9(17)12-18-6-8(15)16/h10H,1-6H2,(H,15,16)(H2,11,12,17). The highest BCUT2D eigenvalue weighted by Crippen LogP contribution is 1.92. The number of amides is 3. The van der Waals surface area contributed by atoms with E-state index in [-0.39, 0.29) is 12.5 Å². The number of hydrogen-bond acceptors (Lipinski definition) is 5. The van der Waals surface area contributed by atoms with E-state index in [0.717, 1.165) is 13.1 Å². The number of nitrogens with zero attached hydrogens (tertiary/aromatic N) is 1. The van der Waals surface area contributed by atoms with Crippen molar-refractivity contribution in [3.05, 3.63) is 0 Å². The molecule has 1 aliphatic heterocycles. The van der Waals surface area contributed by atoms with Gasteiger partial charge in [-0.25, -0.2) is 15.1 Å². The molecule has 1 heterocycles. The van der Waals surface area contributed by atoms with E-state index in [9.17, 15) is 14.4 Å². The Bertz CT molecular complexity index is 316. The van der Waals surface area contributed by atoms with Gasteiger partial charge in [0.1, 0.15) is 0 Å². The summed E-state index contributed by atoms with van der Waals surface area (Å²) in [7, 11) is 0. The van der Waals surface area contributed by atoms with Crippen LogP contribution in [0.4, 0.5) is 4.79 Å². The van der Waals surface area contributed by atoms with Gasteiger partial charge in [-0.05, 0) is 0 Å². The minimum Gasteiger partial charge on any atom is -0.479 e. The largest absolute Gasteiger partial charge is 0.479 e. The summed E-state index contributed by atoms with van der Waals surface area (Å²) < 4.78 is 0. The van der Waals surface area contributed by atoms with Gasteiger partial charge in [0.2, 0.25) is 5.91 Å². The quantitative estimate of drug-likeness (QED) is 0.414. The second-order valence-electron chi connectivity index (χ2n) is 3.60. The zero-order chi connectivity index (χ0) is 13.4. The summed E-state index contributed by atoms with van der Waals surface area (Å²) in [5.41, 5.74) is 1.86. The number of piperazine rings is 1. The molecule has 0 bridgehead atoms. The maximum absolute atomic E-state index is 11.6. The van der Waals surface area contributed by atoms with Crippen LogP contribution in [0, 0.1) is 0 Å². The van der Waals surface area contributed by atoms with Crippen LogP contribution in [0.5, 0.6) is 0 Å². The third-order valence-electron chi connectivity index (χ3n) is 2.23. The van der Waals surface area contributed by atoms with Crippen LogP contribution in [0.25, 0.3) is 0 Å². The third-order valence-corrected chi connectivity index (χ3v) is 2.23. The van der Waals surface area contributed by atoms with Gasteiger partial charge in [-0.3, -0.25) is 9.63 Å². The molecular weight excluding hydrogens is 244 g/mol. The smallest absolute Gasteiger partial charge is 0.339 e. The number of nitrogens with one attached hydrogen (secondary N) is 3. The first-order valence-corrected chi connectivity index (χ1v) is 5.45. The predicted octanol–water partition coefficient (Wildman–Crippen LogP) is -2.27. The number of hydrogen-bond donors (Lipinski definition) is 4. The summed E-state index contributed by atoms with van der Waals surface area (Å²) >= 11 is 0. The summed E-state index contributed by atoms with van der Waals surface area (Å²) in [6, 6.07) is -0.750. The van der Waals surface area contributed by atoms with Gasteiger partial charge in [0, 0.05) is 26.2 Å². The average Bonchev–Trinajstić information content (AvgIpc) is 2.36. The first-order chi connectivity index (χ1) is 8.59. The minimum absolute atomic E-state index is 0.151. The van der Waals surface area contributed by atoms with Gasteiger partial charge in [-0.2, -0.15) is 0 Å². The lowest BCUT2D eigenvalue weighted by Crippen LogP contribution is -2.50. The molecule has 0 aromatic rings.